The molecular weight excluding hydrogens is 384 g/mol. The van der Waals surface area contributed by atoms with Gasteiger partial charge in [-0.2, -0.15) is 5.10 Å². The van der Waals surface area contributed by atoms with Gasteiger partial charge in [-0.25, -0.2) is 9.48 Å². The molecule has 162 valence electrons. The number of aromatic nitrogens is 2. The van der Waals surface area contributed by atoms with Gasteiger partial charge in [0.05, 0.1) is 11.2 Å². The maximum absolute atomic E-state index is 13.8. The van der Waals surface area contributed by atoms with Gasteiger partial charge < -0.3 is 4.90 Å². The minimum absolute atomic E-state index is 0.0432. The maximum atomic E-state index is 13.8. The molecule has 0 unspecified atom stereocenters. The van der Waals surface area contributed by atoms with E-state index in [0.717, 1.165) is 48.1 Å². The molecule has 0 aliphatic heterocycles. The predicted molar refractivity (Wildman–Crippen MR) is 126 cm³/mol. The van der Waals surface area contributed by atoms with E-state index in [9.17, 15) is 4.79 Å². The Bertz CT molecular complexity index is 998. The summed E-state index contributed by atoms with van der Waals surface area (Å²) < 4.78 is 1.88. The summed E-state index contributed by atoms with van der Waals surface area (Å²) in [5.41, 5.74) is 1.85. The molecule has 0 bridgehead atoms. The van der Waals surface area contributed by atoms with Crippen LogP contribution in [-0.2, 0) is 0 Å². The van der Waals surface area contributed by atoms with E-state index in [0.29, 0.717) is 12.1 Å². The van der Waals surface area contributed by atoms with Crippen molar-refractivity contribution in [2.24, 2.45) is 0 Å². The van der Waals surface area contributed by atoms with Crippen LogP contribution in [0.2, 0.25) is 0 Å². The lowest BCUT2D eigenvalue weighted by molar-refractivity contribution is 0.114. The molecule has 0 spiro atoms. The van der Waals surface area contributed by atoms with Crippen molar-refractivity contribution in [2.45, 2.75) is 76.3 Å². The summed E-state index contributed by atoms with van der Waals surface area (Å²) in [5, 5.41) is 9.10. The van der Waals surface area contributed by atoms with Crippen LogP contribution < -0.4 is 5.32 Å². The molecule has 5 nitrogen and oxygen atoms in total. The summed E-state index contributed by atoms with van der Waals surface area (Å²) in [6.07, 6.45) is 12.0. The molecule has 0 atom stereocenters. The number of para-hydroxylation sites is 1. The first-order valence-corrected chi connectivity index (χ1v) is 11.9. The van der Waals surface area contributed by atoms with Gasteiger partial charge in [-0.1, -0.05) is 68.9 Å². The quantitative estimate of drug-likeness (QED) is 0.526. The van der Waals surface area contributed by atoms with Gasteiger partial charge in [-0.15, -0.1) is 0 Å². The topological polar surface area (TPSA) is 50.2 Å². The minimum Gasteiger partial charge on any atom is -0.319 e. The molecule has 1 N–H and O–H groups in total. The average molecular weight is 417 g/mol. The van der Waals surface area contributed by atoms with Gasteiger partial charge in [0.1, 0.15) is 5.82 Å². The second kappa shape index (κ2) is 9.13. The summed E-state index contributed by atoms with van der Waals surface area (Å²) in [6.45, 7) is 0. The first-order chi connectivity index (χ1) is 15.3. The van der Waals surface area contributed by atoms with Crippen molar-refractivity contribution in [3.8, 4) is 5.69 Å². The van der Waals surface area contributed by atoms with Crippen LogP contribution in [0.3, 0.4) is 0 Å². The Labute approximate surface area is 184 Å². The third-order valence-electron chi connectivity index (χ3n) is 6.98. The highest BCUT2D eigenvalue weighted by Gasteiger charge is 2.33. The van der Waals surface area contributed by atoms with Crippen LogP contribution in [0.1, 0.15) is 64.2 Å². The number of carbonyl (C=O) groups excluding carboxylic acids is 1. The first kappa shape index (κ1) is 20.1. The van der Waals surface area contributed by atoms with E-state index in [1.165, 1.54) is 38.5 Å². The lowest BCUT2D eigenvalue weighted by Crippen LogP contribution is -2.50. The van der Waals surface area contributed by atoms with Gasteiger partial charge >= 0.3 is 6.03 Å². The average Bonchev–Trinajstić information content (AvgIpc) is 3.20. The third-order valence-corrected chi connectivity index (χ3v) is 6.98. The minimum atomic E-state index is 0.0432. The molecule has 5 heteroatoms. The van der Waals surface area contributed by atoms with Crippen molar-refractivity contribution in [3.63, 3.8) is 0 Å². The number of nitrogens with one attached hydrogen (secondary N) is 1. The number of anilines is 1. The SMILES string of the molecule is O=C(Nc1c2ccccc2nn1-c1ccccc1)N(C1CCCCC1)C1CCCCC1. The Morgan fingerprint density at radius 2 is 1.39 bits per heavy atom. The van der Waals surface area contributed by atoms with Gasteiger partial charge in [-0.05, 0) is 49.9 Å². The fraction of sp³-hybridized carbons (Fsp3) is 0.462. The van der Waals surface area contributed by atoms with Crippen molar-refractivity contribution < 1.29 is 4.79 Å². The van der Waals surface area contributed by atoms with Crippen LogP contribution in [0.15, 0.2) is 54.6 Å². The highest BCUT2D eigenvalue weighted by Crippen LogP contribution is 2.32. The van der Waals surface area contributed by atoms with Crippen LogP contribution >= 0.6 is 0 Å². The Balaban J connectivity index is 1.50. The predicted octanol–water partition coefficient (Wildman–Crippen LogP) is 6.52. The maximum Gasteiger partial charge on any atom is 0.323 e. The fourth-order valence-electron chi connectivity index (χ4n) is 5.42. The number of rotatable bonds is 4. The number of fused-ring (bicyclic) bond motifs is 1. The zero-order valence-corrected chi connectivity index (χ0v) is 18.2. The highest BCUT2D eigenvalue weighted by atomic mass is 16.2. The standard InChI is InChI=1S/C26H32N4O/c31-26(29(20-12-4-1-5-13-20)21-14-6-2-7-15-21)27-25-23-18-10-11-19-24(23)28-30(25)22-16-8-3-9-17-22/h3,8-11,16-21H,1-2,4-7,12-15H2,(H,27,31). The molecule has 2 aliphatic carbocycles. The number of amides is 2. The van der Waals surface area contributed by atoms with Crippen LogP contribution in [0.4, 0.5) is 10.6 Å². The van der Waals surface area contributed by atoms with Crippen LogP contribution in [0, 0.1) is 0 Å². The molecule has 0 radical (unpaired) electrons. The van der Waals surface area contributed by atoms with Crippen molar-refractivity contribution in [2.75, 3.05) is 5.32 Å². The van der Waals surface area contributed by atoms with E-state index in [1.807, 2.05) is 59.3 Å². The highest BCUT2D eigenvalue weighted by molar-refractivity contribution is 6.00. The molecule has 1 heterocycles. The third kappa shape index (κ3) is 4.18. The lowest BCUT2D eigenvalue weighted by atomic mass is 9.89. The largest absolute Gasteiger partial charge is 0.323 e. The Kier molecular flexibility index (Phi) is 5.92. The van der Waals surface area contributed by atoms with E-state index in [2.05, 4.69) is 10.2 Å². The van der Waals surface area contributed by atoms with E-state index in [-0.39, 0.29) is 6.03 Å². The van der Waals surface area contributed by atoms with Gasteiger partial charge in [-0.3, -0.25) is 5.32 Å². The van der Waals surface area contributed by atoms with Gasteiger partial charge in [0.15, 0.2) is 0 Å². The molecular formula is C26H32N4O. The summed E-state index contributed by atoms with van der Waals surface area (Å²) in [4.78, 5) is 16.0. The van der Waals surface area contributed by atoms with Crippen molar-refractivity contribution >= 4 is 22.8 Å². The molecule has 5 rings (SSSR count). The smallest absolute Gasteiger partial charge is 0.319 e. The van der Waals surface area contributed by atoms with E-state index in [1.54, 1.807) is 0 Å². The normalized spacial score (nSPS) is 18.2. The Hall–Kier alpha value is -2.82. The number of hydrogen-bond donors (Lipinski definition) is 1. The second-order valence-electron chi connectivity index (χ2n) is 9.03. The summed E-state index contributed by atoms with van der Waals surface area (Å²) >= 11 is 0. The molecule has 0 saturated heterocycles. The molecule has 2 fully saturated rings. The molecule has 3 aromatic rings. The Morgan fingerprint density at radius 3 is 2.03 bits per heavy atom. The van der Waals surface area contributed by atoms with Gasteiger partial charge in [0, 0.05) is 17.5 Å². The molecule has 2 amide bonds. The number of hydrogen-bond acceptors (Lipinski definition) is 2. The second-order valence-corrected chi connectivity index (χ2v) is 9.03. The molecule has 31 heavy (non-hydrogen) atoms. The van der Waals surface area contributed by atoms with Crippen LogP contribution in [0.25, 0.3) is 16.6 Å². The monoisotopic (exact) mass is 416 g/mol. The van der Waals surface area contributed by atoms with E-state index >= 15 is 0 Å². The summed E-state index contributed by atoms with van der Waals surface area (Å²) in [6, 6.07) is 18.9. The van der Waals surface area contributed by atoms with Gasteiger partial charge in [0.2, 0.25) is 0 Å². The molecule has 2 saturated carbocycles. The first-order valence-electron chi connectivity index (χ1n) is 11.9. The summed E-state index contributed by atoms with van der Waals surface area (Å²) in [5.74, 6) is 0.767. The Morgan fingerprint density at radius 1 is 0.806 bits per heavy atom. The van der Waals surface area contributed by atoms with Gasteiger partial charge in [0.25, 0.3) is 0 Å². The molecule has 1 aromatic heterocycles. The van der Waals surface area contributed by atoms with E-state index in [4.69, 9.17) is 5.10 Å². The number of carbonyl (C=O) groups is 1. The lowest BCUT2D eigenvalue weighted by Gasteiger charge is -2.41. The molecule has 2 aliphatic rings. The van der Waals surface area contributed by atoms with Crippen molar-refractivity contribution in [1.82, 2.24) is 14.7 Å². The van der Waals surface area contributed by atoms with E-state index < -0.39 is 0 Å². The zero-order chi connectivity index (χ0) is 21.0. The van der Waals surface area contributed by atoms with Crippen LogP contribution in [0.5, 0.6) is 0 Å². The van der Waals surface area contributed by atoms with Crippen molar-refractivity contribution in [1.29, 1.82) is 0 Å². The van der Waals surface area contributed by atoms with Crippen molar-refractivity contribution in [3.05, 3.63) is 54.6 Å². The number of nitrogens with zero attached hydrogens (tertiary/aromatic N) is 3. The zero-order valence-electron chi connectivity index (χ0n) is 18.2. The number of benzene rings is 2. The fourth-order valence-corrected chi connectivity index (χ4v) is 5.42. The summed E-state index contributed by atoms with van der Waals surface area (Å²) in [7, 11) is 0. The molecule has 2 aromatic carbocycles. The number of urea groups is 1. The van der Waals surface area contributed by atoms with Crippen LogP contribution in [-0.4, -0.2) is 32.8 Å².